The van der Waals surface area contributed by atoms with Gasteiger partial charge in [-0.2, -0.15) is 11.8 Å². The first-order valence-corrected chi connectivity index (χ1v) is 16.3. The van der Waals surface area contributed by atoms with Crippen LogP contribution in [-0.4, -0.2) is 47.0 Å². The molecule has 7 nitrogen and oxygen atoms in total. The quantitative estimate of drug-likeness (QED) is 0.0999. The van der Waals surface area contributed by atoms with E-state index in [0.717, 1.165) is 33.7 Å². The second kappa shape index (κ2) is 15.4. The predicted octanol–water partition coefficient (Wildman–Crippen LogP) is 6.30. The number of amides is 1. The molecular weight excluding hydrogens is 580 g/mol. The van der Waals surface area contributed by atoms with Gasteiger partial charge in [-0.25, -0.2) is 9.78 Å². The highest BCUT2D eigenvalue weighted by molar-refractivity contribution is 7.98. The maximum Gasteiger partial charge on any atom is 0.328 e. The summed E-state index contributed by atoms with van der Waals surface area (Å²) >= 11 is 1.61. The average Bonchev–Trinajstić information content (AvgIpc) is 3.64. The monoisotopic (exact) mass is 618 g/mol. The van der Waals surface area contributed by atoms with Crippen molar-refractivity contribution < 1.29 is 14.3 Å². The number of rotatable bonds is 14. The van der Waals surface area contributed by atoms with E-state index in [1.165, 1.54) is 7.11 Å². The normalized spacial score (nSPS) is 12.7. The van der Waals surface area contributed by atoms with Crippen LogP contribution in [0.25, 0.3) is 0 Å². The Balaban J connectivity index is 1.53. The molecule has 5 rings (SSSR count). The third-order valence-corrected chi connectivity index (χ3v) is 8.70. The van der Waals surface area contributed by atoms with E-state index in [1.807, 2.05) is 48.9 Å². The number of esters is 1. The highest BCUT2D eigenvalue weighted by atomic mass is 32.2. The van der Waals surface area contributed by atoms with Gasteiger partial charge in [-0.15, -0.1) is 0 Å². The van der Waals surface area contributed by atoms with Gasteiger partial charge in [0, 0.05) is 18.3 Å². The van der Waals surface area contributed by atoms with Crippen molar-refractivity contribution in [1.82, 2.24) is 20.6 Å². The van der Waals surface area contributed by atoms with Gasteiger partial charge >= 0.3 is 5.97 Å². The molecule has 0 bridgehead atoms. The molecule has 0 saturated heterocycles. The fraction of sp³-hybridized carbons (Fsp3) is 0.216. The molecule has 8 heteroatoms. The maximum absolute atomic E-state index is 13.3. The molecule has 1 aromatic heterocycles. The summed E-state index contributed by atoms with van der Waals surface area (Å²) in [6.45, 7) is 0.464. The van der Waals surface area contributed by atoms with Crippen LogP contribution in [0.15, 0.2) is 128 Å². The van der Waals surface area contributed by atoms with Crippen LogP contribution in [0.1, 0.15) is 50.8 Å². The van der Waals surface area contributed by atoms with E-state index < -0.39 is 17.4 Å². The molecule has 0 spiro atoms. The lowest BCUT2D eigenvalue weighted by Gasteiger charge is -2.43. The number of benzene rings is 4. The van der Waals surface area contributed by atoms with Crippen LogP contribution in [0.5, 0.6) is 0 Å². The molecule has 0 aliphatic carbocycles. The van der Waals surface area contributed by atoms with Gasteiger partial charge in [0.25, 0.3) is 5.91 Å². The van der Waals surface area contributed by atoms with Crippen LogP contribution < -0.4 is 10.6 Å². The number of carbonyl (C=O) groups is 2. The van der Waals surface area contributed by atoms with Crippen molar-refractivity contribution in [3.05, 3.63) is 161 Å². The summed E-state index contributed by atoms with van der Waals surface area (Å²) in [5, 5.41) is 6.72. The summed E-state index contributed by atoms with van der Waals surface area (Å²) in [6.07, 6.45) is 6.03. The number of methoxy groups -OCH3 is 1. The molecule has 1 heterocycles. The Morgan fingerprint density at radius 1 is 0.867 bits per heavy atom. The average molecular weight is 619 g/mol. The zero-order valence-electron chi connectivity index (χ0n) is 25.5. The van der Waals surface area contributed by atoms with Crippen molar-refractivity contribution in [3.8, 4) is 0 Å². The second-order valence-electron chi connectivity index (χ2n) is 10.8. The van der Waals surface area contributed by atoms with Crippen LogP contribution >= 0.6 is 11.8 Å². The van der Waals surface area contributed by atoms with Crippen molar-refractivity contribution in [2.24, 2.45) is 0 Å². The number of H-pyrrole nitrogens is 1. The predicted molar refractivity (Wildman–Crippen MR) is 180 cm³/mol. The SMILES string of the molecule is COC(=O)[C@H](CCSC)NC(=O)c1cccc(CNC(c2cnc[nH]2)C(c2ccccc2)(c2ccccc2)c2ccccc2)c1. The number of ether oxygens (including phenoxy) is 1. The smallest absolute Gasteiger partial charge is 0.328 e. The molecule has 0 aliphatic rings. The van der Waals surface area contributed by atoms with E-state index in [4.69, 9.17) is 4.74 Å². The van der Waals surface area contributed by atoms with E-state index in [-0.39, 0.29) is 11.9 Å². The largest absolute Gasteiger partial charge is 0.467 e. The molecule has 45 heavy (non-hydrogen) atoms. The lowest BCUT2D eigenvalue weighted by molar-refractivity contribution is -0.142. The Labute approximate surface area is 268 Å². The molecule has 0 saturated carbocycles. The minimum absolute atomic E-state index is 0.278. The minimum atomic E-state index is -0.704. The third-order valence-electron chi connectivity index (χ3n) is 8.05. The van der Waals surface area contributed by atoms with E-state index in [2.05, 4.69) is 93.4 Å². The maximum atomic E-state index is 13.3. The molecule has 0 radical (unpaired) electrons. The zero-order chi connectivity index (χ0) is 31.5. The van der Waals surface area contributed by atoms with Crippen molar-refractivity contribution in [1.29, 1.82) is 0 Å². The van der Waals surface area contributed by atoms with Gasteiger partial charge in [-0.1, -0.05) is 103 Å². The Kier molecular flexibility index (Phi) is 10.8. The standard InChI is InChI=1S/C37H38N4O3S/c1-44-36(43)32(21-22-45-2)41-35(42)28-14-12-13-27(23-28)24-39-34(33-25-38-26-40-33)37(29-15-6-3-7-16-29,30-17-8-4-9-18-30)31-19-10-5-11-20-31/h3-20,23,25-26,32,34,39H,21-22,24H2,1-2H3,(H,38,40)(H,41,42)/t32-,34?/m0/s1. The Bertz CT molecular complexity index is 1550. The summed E-state index contributed by atoms with van der Waals surface area (Å²) in [5.41, 5.74) is 5.07. The first-order chi connectivity index (χ1) is 22.1. The Morgan fingerprint density at radius 3 is 1.98 bits per heavy atom. The molecule has 1 amide bonds. The van der Waals surface area contributed by atoms with Gasteiger partial charge in [-0.05, 0) is 52.8 Å². The number of hydrogen-bond acceptors (Lipinski definition) is 6. The molecule has 0 fully saturated rings. The number of nitrogens with zero attached hydrogens (tertiary/aromatic N) is 1. The van der Waals surface area contributed by atoms with Crippen LogP contribution in [0, 0.1) is 0 Å². The molecular formula is C37H38N4O3S. The molecule has 4 aromatic carbocycles. The first kappa shape index (κ1) is 31.8. The van der Waals surface area contributed by atoms with E-state index in [9.17, 15) is 9.59 Å². The van der Waals surface area contributed by atoms with Crippen molar-refractivity contribution >= 4 is 23.6 Å². The lowest BCUT2D eigenvalue weighted by atomic mass is 9.64. The van der Waals surface area contributed by atoms with Crippen molar-refractivity contribution in [3.63, 3.8) is 0 Å². The van der Waals surface area contributed by atoms with Crippen LogP contribution in [0.4, 0.5) is 0 Å². The Hall–Kier alpha value is -4.66. The number of aromatic amines is 1. The van der Waals surface area contributed by atoms with Gasteiger partial charge in [-0.3, -0.25) is 4.79 Å². The van der Waals surface area contributed by atoms with Gasteiger partial charge < -0.3 is 20.4 Å². The molecule has 230 valence electrons. The second-order valence-corrected chi connectivity index (χ2v) is 11.7. The van der Waals surface area contributed by atoms with Crippen molar-refractivity contribution in [2.75, 3.05) is 19.1 Å². The summed E-state index contributed by atoms with van der Waals surface area (Å²) in [7, 11) is 1.34. The number of thioether (sulfide) groups is 1. The fourth-order valence-electron chi connectivity index (χ4n) is 5.93. The number of hydrogen-bond donors (Lipinski definition) is 3. The molecule has 5 aromatic rings. The van der Waals surface area contributed by atoms with E-state index >= 15 is 0 Å². The Morgan fingerprint density at radius 2 is 1.47 bits per heavy atom. The summed E-state index contributed by atoms with van der Waals surface area (Å²) in [4.78, 5) is 33.4. The van der Waals surface area contributed by atoms with Gasteiger partial charge in [0.1, 0.15) is 6.04 Å². The molecule has 0 aliphatic heterocycles. The lowest BCUT2D eigenvalue weighted by Crippen LogP contribution is -2.44. The number of carbonyl (C=O) groups excluding carboxylic acids is 2. The molecule has 2 atom stereocenters. The minimum Gasteiger partial charge on any atom is -0.467 e. The molecule has 3 N–H and O–H groups in total. The molecule has 1 unspecified atom stereocenters. The van der Waals surface area contributed by atoms with Gasteiger partial charge in [0.05, 0.1) is 30.6 Å². The third kappa shape index (κ3) is 7.19. The van der Waals surface area contributed by atoms with Crippen LogP contribution in [-0.2, 0) is 21.5 Å². The van der Waals surface area contributed by atoms with Gasteiger partial charge in [0.2, 0.25) is 0 Å². The number of nitrogens with one attached hydrogen (secondary N) is 3. The van der Waals surface area contributed by atoms with Crippen LogP contribution in [0.3, 0.4) is 0 Å². The van der Waals surface area contributed by atoms with Crippen molar-refractivity contribution in [2.45, 2.75) is 30.5 Å². The topological polar surface area (TPSA) is 96.1 Å². The number of aromatic nitrogens is 2. The highest BCUT2D eigenvalue weighted by Crippen LogP contribution is 2.48. The number of imidazole rings is 1. The summed E-state index contributed by atoms with van der Waals surface area (Å²) in [6, 6.07) is 38.1. The highest BCUT2D eigenvalue weighted by Gasteiger charge is 2.45. The zero-order valence-corrected chi connectivity index (χ0v) is 26.3. The van der Waals surface area contributed by atoms with Gasteiger partial charge in [0.15, 0.2) is 0 Å². The van der Waals surface area contributed by atoms with E-state index in [0.29, 0.717) is 18.5 Å². The fourth-order valence-corrected chi connectivity index (χ4v) is 6.41. The summed E-state index contributed by atoms with van der Waals surface area (Å²) in [5.74, 6) is -0.0345. The first-order valence-electron chi connectivity index (χ1n) is 14.9. The van der Waals surface area contributed by atoms with E-state index in [1.54, 1.807) is 24.2 Å². The summed E-state index contributed by atoms with van der Waals surface area (Å²) < 4.78 is 4.93. The van der Waals surface area contributed by atoms with Crippen LogP contribution in [0.2, 0.25) is 0 Å².